The van der Waals surface area contributed by atoms with Crippen LogP contribution < -0.4 is 0 Å². The third-order valence-electron chi connectivity index (χ3n) is 10.5. The molecular formula is C47H35N11. The fourth-order valence-electron chi connectivity index (χ4n) is 8.29. The molecule has 58 heavy (non-hydrogen) atoms. The Kier molecular flexibility index (Phi) is 7.91. The van der Waals surface area contributed by atoms with E-state index in [1.54, 1.807) is 0 Å². The van der Waals surface area contributed by atoms with E-state index in [2.05, 4.69) is 85.8 Å². The van der Waals surface area contributed by atoms with Crippen LogP contribution in [0.1, 0.15) is 40.2 Å². The highest BCUT2D eigenvalue weighted by Gasteiger charge is 2.24. The molecule has 11 nitrogen and oxygen atoms in total. The number of nitriles is 1. The van der Waals surface area contributed by atoms with Gasteiger partial charge in [0.1, 0.15) is 34.9 Å². The summed E-state index contributed by atoms with van der Waals surface area (Å²) in [6.45, 7) is 11.4. The Morgan fingerprint density at radius 1 is 0.397 bits per heavy atom. The third kappa shape index (κ3) is 5.65. The van der Waals surface area contributed by atoms with E-state index in [1.807, 2.05) is 84.0 Å². The maximum absolute atomic E-state index is 11.5. The zero-order valence-corrected chi connectivity index (χ0v) is 32.7. The van der Waals surface area contributed by atoms with Crippen molar-refractivity contribution in [1.29, 1.82) is 5.26 Å². The van der Waals surface area contributed by atoms with Gasteiger partial charge in [0.15, 0.2) is 17.5 Å². The molecule has 11 heteroatoms. The van der Waals surface area contributed by atoms with E-state index >= 15 is 0 Å². The Hall–Kier alpha value is -7.71. The lowest BCUT2D eigenvalue weighted by atomic mass is 10.0. The van der Waals surface area contributed by atoms with E-state index < -0.39 is 0 Å². The fraction of sp³-hybridized carbons (Fsp3) is 0.128. The monoisotopic (exact) mass is 753 g/mol. The molecule has 0 radical (unpaired) electrons. The van der Waals surface area contributed by atoms with Gasteiger partial charge in [-0.05, 0) is 84.0 Å². The quantitative estimate of drug-likeness (QED) is 0.168. The molecule has 5 heterocycles. The highest BCUT2D eigenvalue weighted by atomic mass is 15.0. The Bertz CT molecular complexity index is 3140. The minimum Gasteiger partial charge on any atom is -0.308 e. The Morgan fingerprint density at radius 3 is 1.22 bits per heavy atom. The number of hydrogen-bond donors (Lipinski definition) is 0. The van der Waals surface area contributed by atoms with E-state index in [1.165, 1.54) is 0 Å². The predicted molar refractivity (Wildman–Crippen MR) is 227 cm³/mol. The molecule has 0 atom stereocenters. The first-order valence-electron chi connectivity index (χ1n) is 19.0. The molecule has 5 aromatic heterocycles. The number of benzene rings is 5. The van der Waals surface area contributed by atoms with Crippen molar-refractivity contribution in [3.8, 4) is 51.6 Å². The van der Waals surface area contributed by atoms with Crippen molar-refractivity contribution in [3.63, 3.8) is 0 Å². The van der Waals surface area contributed by atoms with Crippen LogP contribution in [0.25, 0.3) is 89.2 Å². The smallest absolute Gasteiger partial charge is 0.163 e. The van der Waals surface area contributed by atoms with Crippen molar-refractivity contribution in [1.82, 2.24) is 49.0 Å². The summed E-state index contributed by atoms with van der Waals surface area (Å²) < 4.78 is 4.36. The molecule has 10 aromatic rings. The average molecular weight is 754 g/mol. The van der Waals surface area contributed by atoms with Crippen molar-refractivity contribution in [2.45, 2.75) is 41.5 Å². The standard InChI is InChI=1S/C47H35N11/c1-25-19-26(2)50-47(49-25)33-22-43(57-39-13-9-7-11-34(39)36-17-15-31(20-41(36)57)45-53-27(3)51-28(4)54-45)38(24-48)44(23-33)58-40-14-10-8-12-35(40)37-18-16-32(21-42(37)58)46-55-29(5)52-30(6)56-46/h7-23H,1-6H3. The van der Waals surface area contributed by atoms with Gasteiger partial charge >= 0.3 is 0 Å². The topological polar surface area (TPSA) is 137 Å². The molecule has 0 aliphatic carbocycles. The minimum absolute atomic E-state index is 0.480. The van der Waals surface area contributed by atoms with Gasteiger partial charge in [-0.25, -0.2) is 39.9 Å². The van der Waals surface area contributed by atoms with Crippen LogP contribution in [0.4, 0.5) is 0 Å². The van der Waals surface area contributed by atoms with Gasteiger partial charge in [-0.2, -0.15) is 5.26 Å². The van der Waals surface area contributed by atoms with Gasteiger partial charge in [-0.3, -0.25) is 0 Å². The van der Waals surface area contributed by atoms with Crippen molar-refractivity contribution in [2.24, 2.45) is 0 Å². The van der Waals surface area contributed by atoms with Crippen LogP contribution in [0.5, 0.6) is 0 Å². The summed E-state index contributed by atoms with van der Waals surface area (Å²) in [6.07, 6.45) is 0. The van der Waals surface area contributed by atoms with Gasteiger partial charge in [-0.15, -0.1) is 0 Å². The maximum Gasteiger partial charge on any atom is 0.163 e. The van der Waals surface area contributed by atoms with Crippen molar-refractivity contribution in [2.75, 3.05) is 0 Å². The third-order valence-corrected chi connectivity index (χ3v) is 10.5. The summed E-state index contributed by atoms with van der Waals surface area (Å²) in [5, 5.41) is 15.6. The van der Waals surface area contributed by atoms with Crippen LogP contribution in [0.15, 0.2) is 103 Å². The zero-order chi connectivity index (χ0) is 39.8. The van der Waals surface area contributed by atoms with Crippen LogP contribution in [-0.4, -0.2) is 49.0 Å². The molecule has 0 bridgehead atoms. The summed E-state index contributed by atoms with van der Waals surface area (Å²) in [5.41, 5.74) is 9.72. The zero-order valence-electron chi connectivity index (χ0n) is 32.7. The van der Waals surface area contributed by atoms with Crippen LogP contribution in [0, 0.1) is 52.9 Å². The lowest BCUT2D eigenvalue weighted by Crippen LogP contribution is -2.06. The van der Waals surface area contributed by atoms with E-state index in [4.69, 9.17) is 29.9 Å². The Labute approximate surface area is 333 Å². The normalized spacial score (nSPS) is 11.6. The van der Waals surface area contributed by atoms with E-state index in [-0.39, 0.29) is 0 Å². The van der Waals surface area contributed by atoms with Crippen LogP contribution in [0.2, 0.25) is 0 Å². The molecule has 5 aromatic carbocycles. The van der Waals surface area contributed by atoms with Gasteiger partial charge in [0, 0.05) is 49.6 Å². The van der Waals surface area contributed by atoms with Gasteiger partial charge in [0.25, 0.3) is 0 Å². The molecule has 0 aliphatic heterocycles. The largest absolute Gasteiger partial charge is 0.308 e. The molecule has 0 amide bonds. The van der Waals surface area contributed by atoms with E-state index in [9.17, 15) is 5.26 Å². The molecule has 278 valence electrons. The minimum atomic E-state index is 0.480. The summed E-state index contributed by atoms with van der Waals surface area (Å²) in [5.74, 6) is 4.34. The number of nitrogens with zero attached hydrogens (tertiary/aromatic N) is 11. The first-order chi connectivity index (χ1) is 28.1. The van der Waals surface area contributed by atoms with Crippen molar-refractivity contribution < 1.29 is 0 Å². The van der Waals surface area contributed by atoms with Gasteiger partial charge < -0.3 is 9.13 Å². The fourth-order valence-corrected chi connectivity index (χ4v) is 8.29. The molecule has 0 unspecified atom stereocenters. The van der Waals surface area contributed by atoms with Gasteiger partial charge in [-0.1, -0.05) is 60.7 Å². The number of fused-ring (bicyclic) bond motifs is 6. The van der Waals surface area contributed by atoms with E-state index in [0.29, 0.717) is 57.7 Å². The second-order valence-electron chi connectivity index (χ2n) is 14.7. The summed E-state index contributed by atoms with van der Waals surface area (Å²) in [7, 11) is 0. The average Bonchev–Trinajstić information content (AvgIpc) is 3.71. The lowest BCUT2D eigenvalue weighted by molar-refractivity contribution is 0.928. The highest BCUT2D eigenvalue weighted by Crippen LogP contribution is 2.41. The van der Waals surface area contributed by atoms with E-state index in [0.717, 1.165) is 71.7 Å². The van der Waals surface area contributed by atoms with Crippen LogP contribution in [0.3, 0.4) is 0 Å². The Morgan fingerprint density at radius 2 is 0.793 bits per heavy atom. The number of hydrogen-bond acceptors (Lipinski definition) is 9. The second kappa shape index (κ2) is 13.2. The second-order valence-corrected chi connectivity index (χ2v) is 14.7. The molecule has 0 fully saturated rings. The summed E-state index contributed by atoms with van der Waals surface area (Å²) in [6, 6.07) is 37.8. The molecule has 0 spiro atoms. The molecule has 0 N–H and O–H groups in total. The van der Waals surface area contributed by atoms with Crippen molar-refractivity contribution in [3.05, 3.63) is 143 Å². The molecule has 10 rings (SSSR count). The van der Waals surface area contributed by atoms with Gasteiger partial charge in [0.05, 0.1) is 33.4 Å². The molecule has 0 saturated carbocycles. The molecule has 0 saturated heterocycles. The number of aryl methyl sites for hydroxylation is 6. The summed E-state index contributed by atoms with van der Waals surface area (Å²) >= 11 is 0. The first-order valence-corrected chi connectivity index (χ1v) is 19.0. The number of rotatable bonds is 5. The van der Waals surface area contributed by atoms with Crippen LogP contribution >= 0.6 is 0 Å². The highest BCUT2D eigenvalue weighted by molar-refractivity contribution is 6.12. The predicted octanol–water partition coefficient (Wildman–Crippen LogP) is 9.76. The van der Waals surface area contributed by atoms with Crippen molar-refractivity contribution >= 4 is 43.6 Å². The van der Waals surface area contributed by atoms with Gasteiger partial charge in [0.2, 0.25) is 0 Å². The number of para-hydroxylation sites is 2. The lowest BCUT2D eigenvalue weighted by Gasteiger charge is -2.18. The van der Waals surface area contributed by atoms with Crippen LogP contribution in [-0.2, 0) is 0 Å². The Balaban J connectivity index is 1.34. The SMILES string of the molecule is Cc1cc(C)nc(-c2cc(-n3c4ccccc4c4ccc(-c5nc(C)nc(C)n5)cc43)c(C#N)c(-n3c4ccccc4c4ccc(-c5nc(C)nc(C)n5)cc43)c2)n1. The first kappa shape index (κ1) is 34.8. The molecular weight excluding hydrogens is 719 g/mol. The number of aromatic nitrogens is 10. The molecule has 0 aliphatic rings. The maximum atomic E-state index is 11.5. The summed E-state index contributed by atoms with van der Waals surface area (Å²) in [4.78, 5) is 37.5.